The Morgan fingerprint density at radius 2 is 2.38 bits per heavy atom. The van der Waals surface area contributed by atoms with Crippen molar-refractivity contribution in [2.75, 3.05) is 26.2 Å². The normalized spacial score (nSPS) is 35.1. The maximum Gasteiger partial charge on any atom is 0.377 e. The Balaban J connectivity index is 1.89. The van der Waals surface area contributed by atoms with Gasteiger partial charge in [0.05, 0.1) is 6.42 Å². The molecule has 0 aromatic rings. The van der Waals surface area contributed by atoms with Crippen molar-refractivity contribution < 1.29 is 18.3 Å². The molecule has 0 saturated carbocycles. The van der Waals surface area contributed by atoms with Crippen LogP contribution in [0.1, 0.15) is 13.3 Å². The minimum atomic E-state index is -3.29. The molecule has 0 bridgehead atoms. The molecule has 0 aromatic carbocycles. The molecule has 4 nitrogen and oxygen atoms in total. The zero-order valence-electron chi connectivity index (χ0n) is 9.21. The molecule has 0 amide bonds. The Hall–Kier alpha value is -0.750. The van der Waals surface area contributed by atoms with Crippen LogP contribution in [0.3, 0.4) is 0 Å². The largest absolute Gasteiger partial charge is 0.456 e. The van der Waals surface area contributed by atoms with Crippen LogP contribution in [-0.2, 0) is 9.53 Å². The molecule has 0 spiro atoms. The number of hydrogen-bond donors (Lipinski definition) is 1. The van der Waals surface area contributed by atoms with Crippen molar-refractivity contribution in [2.45, 2.75) is 31.4 Å². The molecule has 2 saturated heterocycles. The van der Waals surface area contributed by atoms with Crippen LogP contribution in [0.5, 0.6) is 0 Å². The first-order valence-corrected chi connectivity index (χ1v) is 5.53. The van der Waals surface area contributed by atoms with E-state index in [1.807, 2.05) is 6.92 Å². The summed E-state index contributed by atoms with van der Waals surface area (Å²) in [7, 11) is 0. The lowest BCUT2D eigenvalue weighted by atomic mass is 10.1. The predicted octanol–water partition coefficient (Wildman–Crippen LogP) is 0.231. The molecule has 2 fully saturated rings. The van der Waals surface area contributed by atoms with Crippen LogP contribution in [0.2, 0.25) is 0 Å². The molecule has 2 aliphatic rings. The van der Waals surface area contributed by atoms with Crippen LogP contribution in [0.15, 0.2) is 0 Å². The van der Waals surface area contributed by atoms with E-state index in [1.165, 1.54) is 0 Å². The number of halogens is 2. The summed E-state index contributed by atoms with van der Waals surface area (Å²) < 4.78 is 30.5. The zero-order valence-corrected chi connectivity index (χ0v) is 9.21. The number of piperazine rings is 1. The second kappa shape index (κ2) is 4.25. The van der Waals surface area contributed by atoms with Gasteiger partial charge in [0.25, 0.3) is 0 Å². The van der Waals surface area contributed by atoms with Crippen molar-refractivity contribution in [1.29, 1.82) is 0 Å². The summed E-state index contributed by atoms with van der Waals surface area (Å²) in [6.45, 7) is 4.94. The van der Waals surface area contributed by atoms with E-state index >= 15 is 0 Å². The second-order valence-electron chi connectivity index (χ2n) is 4.48. The number of carbonyl (C=O) groups excluding carboxylic acids is 1. The van der Waals surface area contributed by atoms with Crippen molar-refractivity contribution in [3.05, 3.63) is 0 Å². The number of rotatable bonds is 2. The highest BCUT2D eigenvalue weighted by Gasteiger charge is 2.51. The smallest absolute Gasteiger partial charge is 0.377 e. The fourth-order valence-corrected chi connectivity index (χ4v) is 2.17. The molecule has 1 unspecified atom stereocenters. The Kier molecular flexibility index (Phi) is 3.12. The van der Waals surface area contributed by atoms with Gasteiger partial charge < -0.3 is 10.1 Å². The maximum absolute atomic E-state index is 12.9. The summed E-state index contributed by atoms with van der Waals surface area (Å²) in [5.41, 5.74) is 0. The molecule has 1 N–H and O–H groups in total. The van der Waals surface area contributed by atoms with E-state index in [9.17, 15) is 13.6 Å². The molecular formula is C10H16F2N2O2. The predicted molar refractivity (Wildman–Crippen MR) is 53.3 cm³/mol. The molecule has 2 rings (SSSR count). The van der Waals surface area contributed by atoms with E-state index in [-0.39, 0.29) is 0 Å². The number of nitrogens with zero attached hydrogens (tertiary/aromatic N) is 1. The Morgan fingerprint density at radius 3 is 2.94 bits per heavy atom. The lowest BCUT2D eigenvalue weighted by molar-refractivity contribution is -0.159. The lowest BCUT2D eigenvalue weighted by Gasteiger charge is -2.34. The van der Waals surface area contributed by atoms with Gasteiger partial charge in [0.2, 0.25) is 0 Å². The van der Waals surface area contributed by atoms with E-state index < -0.39 is 24.4 Å². The Morgan fingerprint density at radius 1 is 1.62 bits per heavy atom. The molecule has 2 heterocycles. The third-order valence-electron chi connectivity index (χ3n) is 3.13. The number of nitrogens with one attached hydrogen (secondary N) is 1. The van der Waals surface area contributed by atoms with Crippen LogP contribution in [0.4, 0.5) is 8.78 Å². The van der Waals surface area contributed by atoms with Gasteiger partial charge in [-0.25, -0.2) is 4.79 Å². The quantitative estimate of drug-likeness (QED) is 0.695. The van der Waals surface area contributed by atoms with Crippen LogP contribution in [-0.4, -0.2) is 55.1 Å². The first kappa shape index (κ1) is 11.7. The molecule has 6 heteroatoms. The average Bonchev–Trinajstić information content (AvgIpc) is 2.44. The molecular weight excluding hydrogens is 218 g/mol. The Bertz CT molecular complexity index is 286. The second-order valence-corrected chi connectivity index (χ2v) is 4.48. The highest BCUT2D eigenvalue weighted by Crippen LogP contribution is 2.31. The minimum absolute atomic E-state index is 0.293. The number of alkyl halides is 2. The lowest BCUT2D eigenvalue weighted by Crippen LogP contribution is -2.51. The van der Waals surface area contributed by atoms with Crippen LogP contribution < -0.4 is 5.32 Å². The van der Waals surface area contributed by atoms with Crippen molar-refractivity contribution >= 4 is 5.97 Å². The summed E-state index contributed by atoms with van der Waals surface area (Å²) in [5.74, 6) is -4.66. The van der Waals surface area contributed by atoms with Crippen LogP contribution in [0, 0.1) is 0 Å². The average molecular weight is 234 g/mol. The Labute approximate surface area is 92.9 Å². The summed E-state index contributed by atoms with van der Waals surface area (Å²) >= 11 is 0. The fourth-order valence-electron chi connectivity index (χ4n) is 2.17. The van der Waals surface area contributed by atoms with Crippen molar-refractivity contribution in [3.8, 4) is 0 Å². The first-order chi connectivity index (χ1) is 7.49. The third-order valence-corrected chi connectivity index (χ3v) is 3.13. The highest BCUT2D eigenvalue weighted by atomic mass is 19.3. The van der Waals surface area contributed by atoms with E-state index in [4.69, 9.17) is 0 Å². The molecule has 2 aliphatic heterocycles. The molecule has 0 aliphatic carbocycles. The highest BCUT2D eigenvalue weighted by molar-refractivity contribution is 5.79. The van der Waals surface area contributed by atoms with Gasteiger partial charge in [-0.15, -0.1) is 0 Å². The van der Waals surface area contributed by atoms with Gasteiger partial charge in [0.15, 0.2) is 0 Å². The van der Waals surface area contributed by atoms with E-state index in [1.54, 1.807) is 0 Å². The SMILES string of the molecule is C[C@@H]1CNCCN1CC1CC(F)(F)C(=O)O1. The van der Waals surface area contributed by atoms with E-state index in [0.717, 1.165) is 19.6 Å². The summed E-state index contributed by atoms with van der Waals surface area (Å²) in [4.78, 5) is 12.9. The number of carbonyl (C=O) groups is 1. The summed E-state index contributed by atoms with van der Waals surface area (Å²) in [6.07, 6.45) is -1.15. The monoisotopic (exact) mass is 234 g/mol. The van der Waals surface area contributed by atoms with Crippen molar-refractivity contribution in [2.24, 2.45) is 0 Å². The molecule has 0 radical (unpaired) electrons. The topological polar surface area (TPSA) is 41.6 Å². The van der Waals surface area contributed by atoms with Gasteiger partial charge in [0.1, 0.15) is 6.10 Å². The van der Waals surface area contributed by atoms with E-state index in [0.29, 0.717) is 12.6 Å². The van der Waals surface area contributed by atoms with Crippen molar-refractivity contribution in [3.63, 3.8) is 0 Å². The molecule has 92 valence electrons. The number of ether oxygens (including phenoxy) is 1. The number of hydrogen-bond acceptors (Lipinski definition) is 4. The standard InChI is InChI=1S/C10H16F2N2O2/c1-7-5-13-2-3-14(7)6-8-4-10(11,12)9(15)16-8/h7-8,13H,2-6H2,1H3/t7-,8?/m1/s1. The zero-order chi connectivity index (χ0) is 11.8. The maximum atomic E-state index is 12.9. The minimum Gasteiger partial charge on any atom is -0.456 e. The van der Waals surface area contributed by atoms with Gasteiger partial charge >= 0.3 is 11.9 Å². The molecule has 2 atom stereocenters. The van der Waals surface area contributed by atoms with Gasteiger partial charge in [-0.2, -0.15) is 8.78 Å². The van der Waals surface area contributed by atoms with Gasteiger partial charge in [-0.1, -0.05) is 0 Å². The van der Waals surface area contributed by atoms with Gasteiger partial charge in [-0.05, 0) is 6.92 Å². The van der Waals surface area contributed by atoms with E-state index in [2.05, 4.69) is 15.0 Å². The number of esters is 1. The van der Waals surface area contributed by atoms with Crippen molar-refractivity contribution in [1.82, 2.24) is 10.2 Å². The molecule has 0 aromatic heterocycles. The van der Waals surface area contributed by atoms with Crippen LogP contribution in [0.25, 0.3) is 0 Å². The fraction of sp³-hybridized carbons (Fsp3) is 0.900. The first-order valence-electron chi connectivity index (χ1n) is 5.53. The third kappa shape index (κ3) is 2.32. The number of cyclic esters (lactones) is 1. The molecule has 16 heavy (non-hydrogen) atoms. The van der Waals surface area contributed by atoms with Gasteiger partial charge in [-0.3, -0.25) is 4.90 Å². The van der Waals surface area contributed by atoms with Crippen LogP contribution >= 0.6 is 0 Å². The summed E-state index contributed by atoms with van der Waals surface area (Å²) in [6, 6.07) is 0.293. The summed E-state index contributed by atoms with van der Waals surface area (Å²) in [5, 5.41) is 3.22. The van der Waals surface area contributed by atoms with Gasteiger partial charge in [0, 0.05) is 32.2 Å².